The molecule has 0 bridgehead atoms. The number of pyridine rings is 1. The molecule has 5 heteroatoms. The van der Waals surface area contributed by atoms with Crippen LogP contribution in [0.1, 0.15) is 0 Å². The normalized spacial score (nSPS) is 14.6. The average Bonchev–Trinajstić information content (AvgIpc) is 2.48. The predicted molar refractivity (Wildman–Crippen MR) is 81.3 cm³/mol. The number of fused-ring (bicyclic) bond motifs is 1. The molecule has 108 valence electrons. The summed E-state index contributed by atoms with van der Waals surface area (Å²) in [6.07, 6.45) is 1.66. The Morgan fingerprint density at radius 1 is 1.38 bits per heavy atom. The van der Waals surface area contributed by atoms with Gasteiger partial charge < -0.3 is 15.0 Å². The minimum absolute atomic E-state index is 0.00754. The highest BCUT2D eigenvalue weighted by Crippen LogP contribution is 2.20. The molecule has 1 aromatic heterocycles. The van der Waals surface area contributed by atoms with Crippen molar-refractivity contribution in [1.29, 1.82) is 0 Å². The van der Waals surface area contributed by atoms with Gasteiger partial charge in [-0.25, -0.2) is 9.78 Å². The van der Waals surface area contributed by atoms with E-state index in [4.69, 9.17) is 4.74 Å². The van der Waals surface area contributed by atoms with Gasteiger partial charge in [0.2, 0.25) is 5.88 Å². The third-order valence-electron chi connectivity index (χ3n) is 3.39. The molecule has 1 aliphatic rings. The number of ether oxygens (including phenoxy) is 1. The van der Waals surface area contributed by atoms with E-state index in [1.165, 1.54) is 0 Å². The van der Waals surface area contributed by atoms with E-state index in [1.807, 2.05) is 36.4 Å². The molecular formula is C16H17N3O2. The third-order valence-corrected chi connectivity index (χ3v) is 3.39. The minimum atomic E-state index is -0.0822. The van der Waals surface area contributed by atoms with Crippen molar-refractivity contribution in [2.75, 3.05) is 19.6 Å². The van der Waals surface area contributed by atoms with Crippen molar-refractivity contribution >= 4 is 16.9 Å². The molecule has 1 fully saturated rings. The number of nitrogens with zero attached hydrogens (tertiary/aromatic N) is 2. The van der Waals surface area contributed by atoms with E-state index in [2.05, 4.69) is 16.9 Å². The van der Waals surface area contributed by atoms with Gasteiger partial charge in [0.25, 0.3) is 0 Å². The molecule has 1 aliphatic heterocycles. The second kappa shape index (κ2) is 5.83. The zero-order valence-electron chi connectivity index (χ0n) is 11.7. The first-order valence-corrected chi connectivity index (χ1v) is 6.92. The first kappa shape index (κ1) is 13.4. The van der Waals surface area contributed by atoms with Crippen LogP contribution in [0.4, 0.5) is 4.79 Å². The Balaban J connectivity index is 1.56. The Labute approximate surface area is 123 Å². The van der Waals surface area contributed by atoms with Gasteiger partial charge in [-0.3, -0.25) is 0 Å². The second-order valence-corrected chi connectivity index (χ2v) is 4.96. The number of hydrogen-bond acceptors (Lipinski definition) is 3. The first-order valence-electron chi connectivity index (χ1n) is 6.92. The van der Waals surface area contributed by atoms with E-state index < -0.39 is 0 Å². The fraction of sp³-hybridized carbons (Fsp3) is 0.250. The molecule has 0 spiro atoms. The maximum atomic E-state index is 11.7. The monoisotopic (exact) mass is 283 g/mol. The summed E-state index contributed by atoms with van der Waals surface area (Å²) < 4.78 is 5.79. The molecule has 2 heterocycles. The zero-order chi connectivity index (χ0) is 14.7. The van der Waals surface area contributed by atoms with Gasteiger partial charge in [-0.05, 0) is 12.1 Å². The highest BCUT2D eigenvalue weighted by Gasteiger charge is 2.32. The SMILES string of the molecule is C=CCNC(=O)N1CC(Oc2ccc3ccccc3n2)C1. The molecule has 1 saturated heterocycles. The lowest BCUT2D eigenvalue weighted by Gasteiger charge is -2.38. The van der Waals surface area contributed by atoms with Crippen LogP contribution in [0.25, 0.3) is 10.9 Å². The molecule has 1 N–H and O–H groups in total. The first-order chi connectivity index (χ1) is 10.3. The Morgan fingerprint density at radius 2 is 2.19 bits per heavy atom. The fourth-order valence-electron chi connectivity index (χ4n) is 2.23. The quantitative estimate of drug-likeness (QED) is 0.875. The number of amides is 2. The van der Waals surface area contributed by atoms with E-state index in [0.29, 0.717) is 25.5 Å². The fourth-order valence-corrected chi connectivity index (χ4v) is 2.23. The smallest absolute Gasteiger partial charge is 0.317 e. The second-order valence-electron chi connectivity index (χ2n) is 4.96. The molecular weight excluding hydrogens is 266 g/mol. The molecule has 2 amide bonds. The largest absolute Gasteiger partial charge is 0.471 e. The summed E-state index contributed by atoms with van der Waals surface area (Å²) >= 11 is 0. The predicted octanol–water partition coefficient (Wildman–Crippen LogP) is 2.19. The lowest BCUT2D eigenvalue weighted by Crippen LogP contribution is -2.58. The van der Waals surface area contributed by atoms with Crippen LogP contribution in [0.3, 0.4) is 0 Å². The summed E-state index contributed by atoms with van der Waals surface area (Å²) in [5.41, 5.74) is 0.912. The van der Waals surface area contributed by atoms with Gasteiger partial charge in [0.05, 0.1) is 18.6 Å². The molecule has 21 heavy (non-hydrogen) atoms. The number of hydrogen-bond donors (Lipinski definition) is 1. The number of rotatable bonds is 4. The van der Waals surface area contributed by atoms with E-state index in [-0.39, 0.29) is 12.1 Å². The summed E-state index contributed by atoms with van der Waals surface area (Å²) in [6, 6.07) is 11.7. The molecule has 3 rings (SSSR count). The molecule has 5 nitrogen and oxygen atoms in total. The molecule has 0 atom stereocenters. The van der Waals surface area contributed by atoms with Gasteiger partial charge in [-0.15, -0.1) is 6.58 Å². The van der Waals surface area contributed by atoms with Crippen LogP contribution in [-0.2, 0) is 0 Å². The van der Waals surface area contributed by atoms with Gasteiger partial charge >= 0.3 is 6.03 Å². The number of urea groups is 1. The van der Waals surface area contributed by atoms with Gasteiger partial charge in [0.15, 0.2) is 0 Å². The lowest BCUT2D eigenvalue weighted by molar-refractivity contribution is 0.0420. The molecule has 0 saturated carbocycles. The highest BCUT2D eigenvalue weighted by molar-refractivity contribution is 5.78. The molecule has 0 unspecified atom stereocenters. The Morgan fingerprint density at radius 3 is 3.00 bits per heavy atom. The maximum absolute atomic E-state index is 11.7. The van der Waals surface area contributed by atoms with Crippen molar-refractivity contribution in [2.24, 2.45) is 0 Å². The van der Waals surface area contributed by atoms with Crippen LogP contribution in [-0.4, -0.2) is 41.7 Å². The number of carbonyl (C=O) groups is 1. The topological polar surface area (TPSA) is 54.5 Å². The number of benzene rings is 1. The van der Waals surface area contributed by atoms with Crippen LogP contribution < -0.4 is 10.1 Å². The van der Waals surface area contributed by atoms with Crippen LogP contribution in [0.5, 0.6) is 5.88 Å². The number of aromatic nitrogens is 1. The Kier molecular flexibility index (Phi) is 3.73. The summed E-state index contributed by atoms with van der Waals surface area (Å²) in [5.74, 6) is 0.602. The summed E-state index contributed by atoms with van der Waals surface area (Å²) in [4.78, 5) is 17.8. The van der Waals surface area contributed by atoms with Crippen LogP contribution in [0.2, 0.25) is 0 Å². The van der Waals surface area contributed by atoms with E-state index in [1.54, 1.807) is 11.0 Å². The van der Waals surface area contributed by atoms with Crippen molar-refractivity contribution in [1.82, 2.24) is 15.2 Å². The molecule has 0 radical (unpaired) electrons. The van der Waals surface area contributed by atoms with Crippen molar-refractivity contribution in [3.05, 3.63) is 49.1 Å². The Hall–Kier alpha value is -2.56. The Bertz CT molecular complexity index is 665. The van der Waals surface area contributed by atoms with E-state index in [9.17, 15) is 4.79 Å². The highest BCUT2D eigenvalue weighted by atomic mass is 16.5. The van der Waals surface area contributed by atoms with E-state index >= 15 is 0 Å². The molecule has 2 aromatic rings. The van der Waals surface area contributed by atoms with Gasteiger partial charge in [-0.1, -0.05) is 24.3 Å². The molecule has 1 aromatic carbocycles. The van der Waals surface area contributed by atoms with Crippen molar-refractivity contribution in [3.63, 3.8) is 0 Å². The summed E-state index contributed by atoms with van der Waals surface area (Å²) in [5, 5.41) is 3.83. The number of nitrogens with one attached hydrogen (secondary N) is 1. The average molecular weight is 283 g/mol. The number of carbonyl (C=O) groups excluding carboxylic acids is 1. The van der Waals surface area contributed by atoms with Gasteiger partial charge in [-0.2, -0.15) is 0 Å². The number of likely N-dealkylation sites (tertiary alicyclic amines) is 1. The number of para-hydroxylation sites is 1. The summed E-state index contributed by atoms with van der Waals surface area (Å²) in [6.45, 7) is 5.21. The lowest BCUT2D eigenvalue weighted by atomic mass is 10.2. The molecule has 0 aliphatic carbocycles. The van der Waals surface area contributed by atoms with E-state index in [0.717, 1.165) is 10.9 Å². The zero-order valence-corrected chi connectivity index (χ0v) is 11.7. The van der Waals surface area contributed by atoms with Crippen LogP contribution >= 0.6 is 0 Å². The minimum Gasteiger partial charge on any atom is -0.471 e. The van der Waals surface area contributed by atoms with Crippen LogP contribution in [0, 0.1) is 0 Å². The third kappa shape index (κ3) is 2.97. The maximum Gasteiger partial charge on any atom is 0.317 e. The van der Waals surface area contributed by atoms with Gasteiger partial charge in [0, 0.05) is 18.0 Å². The summed E-state index contributed by atoms with van der Waals surface area (Å²) in [7, 11) is 0. The van der Waals surface area contributed by atoms with Gasteiger partial charge in [0.1, 0.15) is 6.10 Å². The van der Waals surface area contributed by atoms with Crippen molar-refractivity contribution < 1.29 is 9.53 Å². The van der Waals surface area contributed by atoms with Crippen LogP contribution in [0.15, 0.2) is 49.1 Å². The standard InChI is InChI=1S/C16H17N3O2/c1-2-9-17-16(20)19-10-13(11-19)21-15-8-7-12-5-3-4-6-14(12)18-15/h2-8,13H,1,9-11H2,(H,17,20). The van der Waals surface area contributed by atoms with Crippen molar-refractivity contribution in [2.45, 2.75) is 6.10 Å². The van der Waals surface area contributed by atoms with Crippen molar-refractivity contribution in [3.8, 4) is 5.88 Å².